The van der Waals surface area contributed by atoms with Gasteiger partial charge in [-0.05, 0) is 30.3 Å². The molecule has 0 amide bonds. The van der Waals surface area contributed by atoms with Gasteiger partial charge < -0.3 is 9.64 Å². The van der Waals surface area contributed by atoms with Gasteiger partial charge in [-0.1, -0.05) is 42.5 Å². The van der Waals surface area contributed by atoms with Crippen molar-refractivity contribution < 1.29 is 4.74 Å². The van der Waals surface area contributed by atoms with Crippen molar-refractivity contribution in [1.82, 2.24) is 9.80 Å². The Morgan fingerprint density at radius 3 is 2.36 bits per heavy atom. The summed E-state index contributed by atoms with van der Waals surface area (Å²) in [6, 6.07) is 18.8. The van der Waals surface area contributed by atoms with Crippen molar-refractivity contribution in [3.8, 4) is 16.9 Å². The largest absolute Gasteiger partial charge is 0.492 e. The molecule has 0 N–H and O–H groups in total. The quantitative estimate of drug-likeness (QED) is 0.843. The normalized spacial score (nSPS) is 16.6. The molecule has 0 aromatic heterocycles. The molecule has 1 heterocycles. The third kappa shape index (κ3) is 4.09. The summed E-state index contributed by atoms with van der Waals surface area (Å²) in [5.74, 6) is 0.954. The Morgan fingerprint density at radius 1 is 0.864 bits per heavy atom. The Kier molecular flexibility index (Phi) is 5.09. The van der Waals surface area contributed by atoms with E-state index in [4.69, 9.17) is 4.74 Å². The van der Waals surface area contributed by atoms with Gasteiger partial charge in [0.1, 0.15) is 12.4 Å². The maximum Gasteiger partial charge on any atom is 0.119 e. The van der Waals surface area contributed by atoms with Gasteiger partial charge >= 0.3 is 0 Å². The summed E-state index contributed by atoms with van der Waals surface area (Å²) in [5, 5.41) is 0. The zero-order chi connectivity index (χ0) is 15.2. The van der Waals surface area contributed by atoms with Crippen LogP contribution in [0.5, 0.6) is 5.75 Å². The van der Waals surface area contributed by atoms with Crippen molar-refractivity contribution in [1.29, 1.82) is 0 Å². The van der Waals surface area contributed by atoms with Gasteiger partial charge in [0.15, 0.2) is 0 Å². The van der Waals surface area contributed by atoms with Crippen LogP contribution in [0.1, 0.15) is 0 Å². The van der Waals surface area contributed by atoms with Crippen molar-refractivity contribution in [2.45, 2.75) is 0 Å². The van der Waals surface area contributed by atoms with Gasteiger partial charge in [-0.25, -0.2) is 0 Å². The zero-order valence-electron chi connectivity index (χ0n) is 13.2. The molecule has 1 aliphatic rings. The molecule has 3 heteroatoms. The van der Waals surface area contributed by atoms with E-state index in [0.29, 0.717) is 0 Å². The van der Waals surface area contributed by atoms with E-state index in [1.807, 2.05) is 12.1 Å². The number of nitrogens with zero attached hydrogens (tertiary/aromatic N) is 2. The van der Waals surface area contributed by atoms with Crippen LogP contribution in [0.2, 0.25) is 0 Å². The van der Waals surface area contributed by atoms with Gasteiger partial charge in [0.05, 0.1) is 0 Å². The predicted octanol–water partition coefficient (Wildman–Crippen LogP) is 2.98. The van der Waals surface area contributed by atoms with E-state index in [1.165, 1.54) is 11.1 Å². The molecular formula is C19H24N2O. The molecule has 22 heavy (non-hydrogen) atoms. The van der Waals surface area contributed by atoms with Gasteiger partial charge in [-0.15, -0.1) is 0 Å². The topological polar surface area (TPSA) is 15.7 Å². The number of benzene rings is 2. The molecule has 1 saturated heterocycles. The molecule has 0 atom stereocenters. The molecule has 0 spiro atoms. The van der Waals surface area contributed by atoms with Crippen LogP contribution in [-0.4, -0.2) is 56.2 Å². The Bertz CT molecular complexity index is 577. The molecule has 0 radical (unpaired) electrons. The second-order valence-corrected chi connectivity index (χ2v) is 5.89. The Labute approximate surface area is 133 Å². The van der Waals surface area contributed by atoms with Crippen LogP contribution in [-0.2, 0) is 0 Å². The van der Waals surface area contributed by atoms with E-state index in [2.05, 4.69) is 59.3 Å². The summed E-state index contributed by atoms with van der Waals surface area (Å²) < 4.78 is 5.94. The lowest BCUT2D eigenvalue weighted by atomic mass is 10.1. The fourth-order valence-corrected chi connectivity index (χ4v) is 2.76. The fourth-order valence-electron chi connectivity index (χ4n) is 2.76. The predicted molar refractivity (Wildman–Crippen MR) is 91.3 cm³/mol. The summed E-state index contributed by atoms with van der Waals surface area (Å²) in [6.45, 7) is 6.35. The average Bonchev–Trinajstić information content (AvgIpc) is 2.58. The Balaban J connectivity index is 1.53. The number of likely N-dealkylation sites (N-methyl/N-ethyl adjacent to an activating group) is 1. The smallest absolute Gasteiger partial charge is 0.119 e. The molecule has 3 nitrogen and oxygen atoms in total. The SMILES string of the molecule is CN1CCN(CCOc2cccc(-c3ccccc3)c2)CC1. The van der Waals surface area contributed by atoms with Crippen molar-refractivity contribution in [3.05, 3.63) is 54.6 Å². The Hall–Kier alpha value is -1.84. The molecule has 116 valence electrons. The first-order chi connectivity index (χ1) is 10.8. The van der Waals surface area contributed by atoms with Crippen LogP contribution in [0.25, 0.3) is 11.1 Å². The highest BCUT2D eigenvalue weighted by atomic mass is 16.5. The lowest BCUT2D eigenvalue weighted by molar-refractivity contribution is 0.134. The number of hydrogen-bond donors (Lipinski definition) is 0. The van der Waals surface area contributed by atoms with Crippen molar-refractivity contribution >= 4 is 0 Å². The van der Waals surface area contributed by atoms with Crippen molar-refractivity contribution in [3.63, 3.8) is 0 Å². The monoisotopic (exact) mass is 296 g/mol. The van der Waals surface area contributed by atoms with Crippen LogP contribution in [0.15, 0.2) is 54.6 Å². The van der Waals surface area contributed by atoms with Gasteiger partial charge in [-0.3, -0.25) is 4.90 Å². The van der Waals surface area contributed by atoms with E-state index < -0.39 is 0 Å². The lowest BCUT2D eigenvalue weighted by Crippen LogP contribution is -2.45. The molecular weight excluding hydrogens is 272 g/mol. The van der Waals surface area contributed by atoms with E-state index in [9.17, 15) is 0 Å². The molecule has 2 aromatic carbocycles. The molecule has 0 saturated carbocycles. The Morgan fingerprint density at radius 2 is 1.59 bits per heavy atom. The number of rotatable bonds is 5. The molecule has 1 fully saturated rings. The van der Waals surface area contributed by atoms with Gasteiger partial charge in [0.2, 0.25) is 0 Å². The van der Waals surface area contributed by atoms with Crippen molar-refractivity contribution in [2.75, 3.05) is 46.4 Å². The number of ether oxygens (including phenoxy) is 1. The fraction of sp³-hybridized carbons (Fsp3) is 0.368. The highest BCUT2D eigenvalue weighted by molar-refractivity contribution is 5.64. The van der Waals surface area contributed by atoms with Gasteiger partial charge in [0.25, 0.3) is 0 Å². The average molecular weight is 296 g/mol. The molecule has 0 aliphatic carbocycles. The van der Waals surface area contributed by atoms with Crippen LogP contribution >= 0.6 is 0 Å². The van der Waals surface area contributed by atoms with E-state index in [0.717, 1.165) is 45.1 Å². The maximum atomic E-state index is 5.94. The summed E-state index contributed by atoms with van der Waals surface area (Å²) in [5.41, 5.74) is 2.43. The van der Waals surface area contributed by atoms with Gasteiger partial charge in [0, 0.05) is 32.7 Å². The minimum Gasteiger partial charge on any atom is -0.492 e. The third-order valence-electron chi connectivity index (χ3n) is 4.21. The first-order valence-corrected chi connectivity index (χ1v) is 8.00. The van der Waals surface area contributed by atoms with Crippen LogP contribution < -0.4 is 4.74 Å². The first kappa shape index (κ1) is 15.1. The van der Waals surface area contributed by atoms with Crippen LogP contribution in [0.3, 0.4) is 0 Å². The minimum atomic E-state index is 0.752. The van der Waals surface area contributed by atoms with E-state index >= 15 is 0 Å². The second-order valence-electron chi connectivity index (χ2n) is 5.89. The van der Waals surface area contributed by atoms with Gasteiger partial charge in [-0.2, -0.15) is 0 Å². The summed E-state index contributed by atoms with van der Waals surface area (Å²) in [4.78, 5) is 4.85. The molecule has 0 bridgehead atoms. The van der Waals surface area contributed by atoms with Crippen LogP contribution in [0, 0.1) is 0 Å². The highest BCUT2D eigenvalue weighted by Gasteiger charge is 2.13. The van der Waals surface area contributed by atoms with E-state index in [1.54, 1.807) is 0 Å². The van der Waals surface area contributed by atoms with Crippen LogP contribution in [0.4, 0.5) is 0 Å². The minimum absolute atomic E-state index is 0.752. The summed E-state index contributed by atoms with van der Waals surface area (Å²) in [6.07, 6.45) is 0. The molecule has 2 aromatic rings. The highest BCUT2D eigenvalue weighted by Crippen LogP contribution is 2.23. The molecule has 0 unspecified atom stereocenters. The maximum absolute atomic E-state index is 5.94. The number of hydrogen-bond acceptors (Lipinski definition) is 3. The number of piperazine rings is 1. The molecule has 1 aliphatic heterocycles. The standard InChI is InChI=1S/C19H24N2O/c1-20-10-12-21(13-11-20)14-15-22-19-9-5-8-18(16-19)17-6-3-2-4-7-17/h2-9,16H,10-15H2,1H3. The first-order valence-electron chi connectivity index (χ1n) is 8.00. The van der Waals surface area contributed by atoms with E-state index in [-0.39, 0.29) is 0 Å². The van der Waals surface area contributed by atoms with Crippen molar-refractivity contribution in [2.24, 2.45) is 0 Å². The summed E-state index contributed by atoms with van der Waals surface area (Å²) >= 11 is 0. The third-order valence-corrected chi connectivity index (χ3v) is 4.21. The molecule has 3 rings (SSSR count). The zero-order valence-corrected chi connectivity index (χ0v) is 13.2. The second kappa shape index (κ2) is 7.43. The summed E-state index contributed by atoms with van der Waals surface area (Å²) in [7, 11) is 2.18. The lowest BCUT2D eigenvalue weighted by Gasteiger charge is -2.32.